The minimum atomic E-state index is -0.179. The third kappa shape index (κ3) is 6.08. The van der Waals surface area contributed by atoms with Crippen LogP contribution in [0.2, 0.25) is 0 Å². The molecular formula is C12H26N2O2. The van der Waals surface area contributed by atoms with Gasteiger partial charge in [0, 0.05) is 6.54 Å². The zero-order valence-electron chi connectivity index (χ0n) is 11.1. The van der Waals surface area contributed by atoms with E-state index < -0.39 is 0 Å². The second-order valence-electron chi connectivity index (χ2n) is 3.99. The van der Waals surface area contributed by atoms with E-state index in [9.17, 15) is 4.79 Å². The maximum Gasteiger partial charge on any atom is 0.322 e. The molecule has 0 aliphatic heterocycles. The van der Waals surface area contributed by atoms with Crippen molar-refractivity contribution >= 4 is 5.97 Å². The van der Waals surface area contributed by atoms with Crippen LogP contribution in [0, 0.1) is 0 Å². The van der Waals surface area contributed by atoms with E-state index in [0.717, 1.165) is 38.9 Å². The van der Waals surface area contributed by atoms with Gasteiger partial charge in [0.1, 0.15) is 6.04 Å². The highest BCUT2D eigenvalue weighted by Gasteiger charge is 2.17. The lowest BCUT2D eigenvalue weighted by Crippen LogP contribution is -2.39. The topological polar surface area (TPSA) is 41.6 Å². The predicted molar refractivity (Wildman–Crippen MR) is 66.5 cm³/mol. The molecule has 1 unspecified atom stereocenters. The number of carbonyl (C=O) groups is 1. The Hall–Kier alpha value is -0.610. The predicted octanol–water partition coefficient (Wildman–Crippen LogP) is 1.26. The molecule has 0 spiro atoms. The van der Waals surface area contributed by atoms with E-state index in [-0.39, 0.29) is 12.0 Å². The van der Waals surface area contributed by atoms with Crippen LogP contribution in [0.1, 0.15) is 33.1 Å². The van der Waals surface area contributed by atoms with E-state index in [1.165, 1.54) is 7.11 Å². The van der Waals surface area contributed by atoms with Gasteiger partial charge in [-0.15, -0.1) is 0 Å². The number of esters is 1. The summed E-state index contributed by atoms with van der Waals surface area (Å²) in [5.74, 6) is -0.171. The Morgan fingerprint density at radius 2 is 1.81 bits per heavy atom. The van der Waals surface area contributed by atoms with E-state index in [1.54, 1.807) is 7.05 Å². The molecule has 1 atom stereocenters. The Balaban J connectivity index is 3.99. The van der Waals surface area contributed by atoms with Gasteiger partial charge in [-0.3, -0.25) is 4.79 Å². The first-order valence-corrected chi connectivity index (χ1v) is 6.16. The Labute approximate surface area is 99.3 Å². The fourth-order valence-electron chi connectivity index (χ4n) is 1.80. The van der Waals surface area contributed by atoms with Crippen molar-refractivity contribution in [1.82, 2.24) is 10.2 Å². The molecule has 0 amide bonds. The summed E-state index contributed by atoms with van der Waals surface area (Å²) in [4.78, 5) is 13.8. The van der Waals surface area contributed by atoms with Crippen LogP contribution in [0.4, 0.5) is 0 Å². The largest absolute Gasteiger partial charge is 0.468 e. The van der Waals surface area contributed by atoms with E-state index in [0.29, 0.717) is 0 Å². The number of hydrogen-bond acceptors (Lipinski definition) is 4. The fourth-order valence-corrected chi connectivity index (χ4v) is 1.80. The molecule has 0 aliphatic carbocycles. The highest BCUT2D eigenvalue weighted by molar-refractivity contribution is 5.75. The second-order valence-corrected chi connectivity index (χ2v) is 3.99. The van der Waals surface area contributed by atoms with Crippen LogP contribution in [-0.2, 0) is 9.53 Å². The van der Waals surface area contributed by atoms with Crippen molar-refractivity contribution < 1.29 is 9.53 Å². The Kier molecular flexibility index (Phi) is 9.24. The summed E-state index contributed by atoms with van der Waals surface area (Å²) in [6.45, 7) is 7.51. The molecule has 0 aliphatic rings. The van der Waals surface area contributed by atoms with Crippen LogP contribution < -0.4 is 5.32 Å². The van der Waals surface area contributed by atoms with Crippen LogP contribution in [0.15, 0.2) is 0 Å². The lowest BCUT2D eigenvalue weighted by atomic mass is 10.2. The van der Waals surface area contributed by atoms with Gasteiger partial charge in [-0.2, -0.15) is 0 Å². The van der Waals surface area contributed by atoms with E-state index in [4.69, 9.17) is 4.74 Å². The monoisotopic (exact) mass is 230 g/mol. The van der Waals surface area contributed by atoms with Crippen molar-refractivity contribution in [2.45, 2.75) is 39.2 Å². The van der Waals surface area contributed by atoms with Crippen LogP contribution in [0.3, 0.4) is 0 Å². The van der Waals surface area contributed by atoms with Gasteiger partial charge in [0.05, 0.1) is 7.11 Å². The minimum Gasteiger partial charge on any atom is -0.468 e. The van der Waals surface area contributed by atoms with Gasteiger partial charge in [-0.05, 0) is 39.4 Å². The van der Waals surface area contributed by atoms with Gasteiger partial charge >= 0.3 is 5.97 Å². The van der Waals surface area contributed by atoms with Crippen LogP contribution >= 0.6 is 0 Å². The van der Waals surface area contributed by atoms with Crippen molar-refractivity contribution in [3.05, 3.63) is 0 Å². The number of hydrogen-bond donors (Lipinski definition) is 1. The van der Waals surface area contributed by atoms with Crippen LogP contribution in [0.5, 0.6) is 0 Å². The summed E-state index contributed by atoms with van der Waals surface area (Å²) < 4.78 is 4.74. The molecule has 0 saturated carbocycles. The van der Waals surface area contributed by atoms with Gasteiger partial charge in [-0.1, -0.05) is 13.8 Å². The molecule has 0 aromatic rings. The van der Waals surface area contributed by atoms with Gasteiger partial charge in [-0.25, -0.2) is 0 Å². The second kappa shape index (κ2) is 9.60. The minimum absolute atomic E-state index is 0.171. The first-order valence-electron chi connectivity index (χ1n) is 6.16. The zero-order chi connectivity index (χ0) is 12.4. The first-order chi connectivity index (χ1) is 7.69. The molecule has 0 saturated heterocycles. The normalized spacial score (nSPS) is 12.8. The van der Waals surface area contributed by atoms with Crippen molar-refractivity contribution in [3.8, 4) is 0 Å². The van der Waals surface area contributed by atoms with Crippen molar-refractivity contribution in [2.75, 3.05) is 33.8 Å². The van der Waals surface area contributed by atoms with Crippen molar-refractivity contribution in [2.24, 2.45) is 0 Å². The third-order valence-corrected chi connectivity index (χ3v) is 2.65. The summed E-state index contributed by atoms with van der Waals surface area (Å²) in [7, 11) is 3.23. The van der Waals surface area contributed by atoms with Crippen molar-refractivity contribution in [1.29, 1.82) is 0 Å². The molecule has 0 radical (unpaired) electrons. The van der Waals surface area contributed by atoms with Gasteiger partial charge in [0.25, 0.3) is 0 Å². The van der Waals surface area contributed by atoms with Crippen LogP contribution in [-0.4, -0.2) is 50.7 Å². The smallest absolute Gasteiger partial charge is 0.322 e. The lowest BCUT2D eigenvalue weighted by Gasteiger charge is -2.23. The molecular weight excluding hydrogens is 204 g/mol. The maximum atomic E-state index is 11.4. The Morgan fingerprint density at radius 3 is 2.19 bits per heavy atom. The van der Waals surface area contributed by atoms with Gasteiger partial charge in [0.15, 0.2) is 0 Å². The van der Waals surface area contributed by atoms with E-state index in [1.807, 2.05) is 0 Å². The number of nitrogens with zero attached hydrogens (tertiary/aromatic N) is 1. The van der Waals surface area contributed by atoms with Crippen LogP contribution in [0.25, 0.3) is 0 Å². The number of rotatable bonds is 9. The molecule has 16 heavy (non-hydrogen) atoms. The standard InChI is InChI=1S/C12H26N2O2/c1-5-8-14(9-6-2)10-7-11(13-3)12(15)16-4/h11,13H,5-10H2,1-4H3. The molecule has 1 N–H and O–H groups in total. The van der Waals surface area contributed by atoms with E-state index >= 15 is 0 Å². The molecule has 4 nitrogen and oxygen atoms in total. The van der Waals surface area contributed by atoms with Gasteiger partial charge in [0.2, 0.25) is 0 Å². The summed E-state index contributed by atoms with van der Waals surface area (Å²) in [5.41, 5.74) is 0. The molecule has 0 aromatic heterocycles. The molecule has 0 rings (SSSR count). The lowest BCUT2D eigenvalue weighted by molar-refractivity contribution is -0.143. The molecule has 96 valence electrons. The highest BCUT2D eigenvalue weighted by Crippen LogP contribution is 2.00. The number of nitrogens with one attached hydrogen (secondary N) is 1. The summed E-state index contributed by atoms with van der Waals surface area (Å²) in [5, 5.41) is 2.99. The summed E-state index contributed by atoms with van der Waals surface area (Å²) >= 11 is 0. The quantitative estimate of drug-likeness (QED) is 0.606. The average molecular weight is 230 g/mol. The zero-order valence-corrected chi connectivity index (χ0v) is 11.1. The van der Waals surface area contributed by atoms with E-state index in [2.05, 4.69) is 24.1 Å². The number of methoxy groups -OCH3 is 1. The van der Waals surface area contributed by atoms with Crippen molar-refractivity contribution in [3.63, 3.8) is 0 Å². The molecule has 4 heteroatoms. The summed E-state index contributed by atoms with van der Waals surface area (Å²) in [6.07, 6.45) is 3.12. The maximum absolute atomic E-state index is 11.4. The molecule has 0 fully saturated rings. The molecule has 0 bridgehead atoms. The number of carbonyl (C=O) groups excluding carboxylic acids is 1. The third-order valence-electron chi connectivity index (χ3n) is 2.65. The van der Waals surface area contributed by atoms with Gasteiger partial charge < -0.3 is 15.0 Å². The first kappa shape index (κ1) is 15.4. The fraction of sp³-hybridized carbons (Fsp3) is 0.917. The Bertz CT molecular complexity index is 180. The SMILES string of the molecule is CCCN(CCC)CCC(NC)C(=O)OC. The highest BCUT2D eigenvalue weighted by atomic mass is 16.5. The Morgan fingerprint density at radius 1 is 1.25 bits per heavy atom. The average Bonchev–Trinajstić information content (AvgIpc) is 2.29. The number of ether oxygens (including phenoxy) is 1. The molecule has 0 aromatic carbocycles. The summed E-state index contributed by atoms with van der Waals surface area (Å²) in [6, 6.07) is -0.179. The molecule has 0 heterocycles. The number of likely N-dealkylation sites (N-methyl/N-ethyl adjacent to an activating group) is 1.